The molecule has 0 aliphatic heterocycles. The highest BCUT2D eigenvalue weighted by atomic mass is 32.1. The lowest BCUT2D eigenvalue weighted by atomic mass is 9.95. The van der Waals surface area contributed by atoms with E-state index in [1.54, 1.807) is 27.7 Å². The zero-order valence-corrected chi connectivity index (χ0v) is 15.0. The Balaban J connectivity index is 2.63. The highest BCUT2D eigenvalue weighted by Gasteiger charge is 2.25. The number of nitrogens with one attached hydrogen (secondary N) is 2. The molecule has 0 radical (unpaired) electrons. The van der Waals surface area contributed by atoms with Crippen LogP contribution in [-0.2, 0) is 9.59 Å². The Labute approximate surface area is 136 Å². The van der Waals surface area contributed by atoms with Crippen molar-refractivity contribution in [3.8, 4) is 0 Å². The number of rotatable bonds is 6. The van der Waals surface area contributed by atoms with Gasteiger partial charge in [0.1, 0.15) is 11.0 Å². The number of aromatic nitrogens is 2. The fraction of sp³-hybridized carbons (Fsp3) is 0.733. The van der Waals surface area contributed by atoms with Crippen LogP contribution >= 0.6 is 11.3 Å². The van der Waals surface area contributed by atoms with Crippen LogP contribution in [0.2, 0.25) is 0 Å². The predicted octanol–water partition coefficient (Wildman–Crippen LogP) is 2.93. The molecule has 0 bridgehead atoms. The van der Waals surface area contributed by atoms with E-state index in [-0.39, 0.29) is 11.8 Å². The van der Waals surface area contributed by atoms with Gasteiger partial charge in [-0.15, -0.1) is 10.2 Å². The fourth-order valence-corrected chi connectivity index (χ4v) is 2.79. The molecule has 7 heteroatoms. The fourth-order valence-electron chi connectivity index (χ4n) is 1.78. The number of nitrogens with zero attached hydrogens (tertiary/aromatic N) is 2. The SMILES string of the molecule is CCC(CC)c1nnc(NC(=O)C(C)NC(=O)C(C)(C)C)s1. The van der Waals surface area contributed by atoms with Gasteiger partial charge in [0.25, 0.3) is 0 Å². The maximum absolute atomic E-state index is 12.1. The molecular weight excluding hydrogens is 300 g/mol. The van der Waals surface area contributed by atoms with Gasteiger partial charge < -0.3 is 5.32 Å². The van der Waals surface area contributed by atoms with Crippen molar-refractivity contribution in [1.29, 1.82) is 0 Å². The topological polar surface area (TPSA) is 84.0 Å². The summed E-state index contributed by atoms with van der Waals surface area (Å²) in [5.41, 5.74) is -0.528. The average molecular weight is 326 g/mol. The first kappa shape index (κ1) is 18.5. The molecule has 1 heterocycles. The molecule has 1 atom stereocenters. The van der Waals surface area contributed by atoms with Gasteiger partial charge in [0.05, 0.1) is 0 Å². The van der Waals surface area contributed by atoms with Crippen molar-refractivity contribution in [2.75, 3.05) is 5.32 Å². The Morgan fingerprint density at radius 1 is 1.18 bits per heavy atom. The highest BCUT2D eigenvalue weighted by molar-refractivity contribution is 7.15. The van der Waals surface area contributed by atoms with Crippen LogP contribution in [0.4, 0.5) is 5.13 Å². The van der Waals surface area contributed by atoms with E-state index in [2.05, 4.69) is 34.7 Å². The third-order valence-electron chi connectivity index (χ3n) is 3.43. The molecule has 124 valence electrons. The largest absolute Gasteiger partial charge is 0.344 e. The van der Waals surface area contributed by atoms with Gasteiger partial charge in [-0.25, -0.2) is 0 Å². The molecule has 1 aromatic rings. The van der Waals surface area contributed by atoms with Crippen LogP contribution in [0.3, 0.4) is 0 Å². The van der Waals surface area contributed by atoms with Crippen molar-refractivity contribution in [2.45, 2.75) is 66.3 Å². The molecule has 0 saturated heterocycles. The second-order valence-corrected chi connectivity index (χ2v) is 7.40. The third kappa shape index (κ3) is 5.05. The van der Waals surface area contributed by atoms with Gasteiger partial charge in [-0.1, -0.05) is 46.0 Å². The molecule has 2 amide bonds. The van der Waals surface area contributed by atoms with E-state index < -0.39 is 11.5 Å². The lowest BCUT2D eigenvalue weighted by molar-refractivity contribution is -0.131. The number of anilines is 1. The first-order valence-electron chi connectivity index (χ1n) is 7.64. The second kappa shape index (κ2) is 7.67. The number of carbonyl (C=O) groups is 2. The molecule has 1 unspecified atom stereocenters. The molecule has 0 aromatic carbocycles. The van der Waals surface area contributed by atoms with Gasteiger partial charge in [0.2, 0.25) is 16.9 Å². The summed E-state index contributed by atoms with van der Waals surface area (Å²) < 4.78 is 0. The van der Waals surface area contributed by atoms with Crippen molar-refractivity contribution in [3.63, 3.8) is 0 Å². The molecule has 0 saturated carbocycles. The molecular formula is C15H26N4O2S. The molecule has 1 rings (SSSR count). The summed E-state index contributed by atoms with van der Waals surface area (Å²) >= 11 is 1.39. The van der Waals surface area contributed by atoms with Crippen molar-refractivity contribution >= 4 is 28.3 Å². The van der Waals surface area contributed by atoms with Gasteiger partial charge in [0.15, 0.2) is 0 Å². The zero-order chi connectivity index (χ0) is 16.9. The predicted molar refractivity (Wildman–Crippen MR) is 88.9 cm³/mol. The van der Waals surface area contributed by atoms with Crippen LogP contribution < -0.4 is 10.6 Å². The second-order valence-electron chi connectivity index (χ2n) is 6.39. The summed E-state index contributed by atoms with van der Waals surface area (Å²) in [4.78, 5) is 24.0. The summed E-state index contributed by atoms with van der Waals surface area (Å²) in [7, 11) is 0. The lowest BCUT2D eigenvalue weighted by Crippen LogP contribution is -2.46. The van der Waals surface area contributed by atoms with Crippen molar-refractivity contribution in [1.82, 2.24) is 15.5 Å². The van der Waals surface area contributed by atoms with Gasteiger partial charge >= 0.3 is 0 Å². The number of hydrogen-bond acceptors (Lipinski definition) is 5. The van der Waals surface area contributed by atoms with Gasteiger partial charge in [0, 0.05) is 11.3 Å². The van der Waals surface area contributed by atoms with E-state index in [1.165, 1.54) is 11.3 Å². The van der Waals surface area contributed by atoms with Gasteiger partial charge in [-0.2, -0.15) is 0 Å². The third-order valence-corrected chi connectivity index (χ3v) is 4.43. The smallest absolute Gasteiger partial charge is 0.248 e. The van der Waals surface area contributed by atoms with Crippen LogP contribution in [0.25, 0.3) is 0 Å². The minimum atomic E-state index is -0.618. The Morgan fingerprint density at radius 3 is 2.27 bits per heavy atom. The Hall–Kier alpha value is -1.50. The summed E-state index contributed by atoms with van der Waals surface area (Å²) in [6.45, 7) is 11.3. The normalized spacial score (nSPS) is 13.0. The van der Waals surface area contributed by atoms with Crippen molar-refractivity contribution < 1.29 is 9.59 Å². The Bertz CT molecular complexity index is 518. The molecule has 2 N–H and O–H groups in total. The van der Waals surface area contributed by atoms with Crippen molar-refractivity contribution in [2.24, 2.45) is 5.41 Å². The highest BCUT2D eigenvalue weighted by Crippen LogP contribution is 2.28. The van der Waals surface area contributed by atoms with Crippen LogP contribution in [-0.4, -0.2) is 28.1 Å². The molecule has 6 nitrogen and oxygen atoms in total. The summed E-state index contributed by atoms with van der Waals surface area (Å²) in [5, 5.41) is 15.0. The van der Waals surface area contributed by atoms with E-state index in [1.807, 2.05) is 0 Å². The number of carbonyl (C=O) groups excluding carboxylic acids is 2. The maximum Gasteiger partial charge on any atom is 0.248 e. The standard InChI is InChI=1S/C15H26N4O2S/c1-7-10(8-2)12-18-19-14(22-12)17-11(20)9(3)16-13(21)15(4,5)6/h9-10H,7-8H2,1-6H3,(H,16,21)(H,17,19,20). The molecule has 0 aliphatic carbocycles. The molecule has 0 aliphatic rings. The Morgan fingerprint density at radius 2 is 1.77 bits per heavy atom. The minimum absolute atomic E-state index is 0.162. The van der Waals surface area contributed by atoms with Crippen LogP contribution in [0, 0.1) is 5.41 Å². The Kier molecular flexibility index (Phi) is 6.47. The monoisotopic (exact) mass is 326 g/mol. The zero-order valence-electron chi connectivity index (χ0n) is 14.2. The van der Waals surface area contributed by atoms with E-state index in [9.17, 15) is 9.59 Å². The molecule has 0 fully saturated rings. The first-order chi connectivity index (χ1) is 10.2. The molecule has 1 aromatic heterocycles. The summed E-state index contributed by atoms with van der Waals surface area (Å²) in [6, 6.07) is -0.618. The molecule has 22 heavy (non-hydrogen) atoms. The summed E-state index contributed by atoms with van der Waals surface area (Å²) in [6.07, 6.45) is 1.99. The average Bonchev–Trinajstić information content (AvgIpc) is 2.87. The molecule has 0 spiro atoms. The van der Waals surface area contributed by atoms with E-state index in [0.29, 0.717) is 11.0 Å². The van der Waals surface area contributed by atoms with Gasteiger partial charge in [-0.05, 0) is 19.8 Å². The van der Waals surface area contributed by atoms with Crippen LogP contribution in [0.1, 0.15) is 65.3 Å². The minimum Gasteiger partial charge on any atom is -0.344 e. The van der Waals surface area contributed by atoms with Crippen LogP contribution in [0.5, 0.6) is 0 Å². The summed E-state index contributed by atoms with van der Waals surface area (Å²) in [5.74, 6) is -0.0730. The van der Waals surface area contributed by atoms with E-state index in [4.69, 9.17) is 0 Å². The maximum atomic E-state index is 12.1. The lowest BCUT2D eigenvalue weighted by Gasteiger charge is -2.21. The number of hydrogen-bond donors (Lipinski definition) is 2. The quantitative estimate of drug-likeness (QED) is 0.842. The van der Waals surface area contributed by atoms with E-state index in [0.717, 1.165) is 17.8 Å². The number of amides is 2. The van der Waals surface area contributed by atoms with Crippen LogP contribution in [0.15, 0.2) is 0 Å². The van der Waals surface area contributed by atoms with Crippen molar-refractivity contribution in [3.05, 3.63) is 5.01 Å². The van der Waals surface area contributed by atoms with E-state index >= 15 is 0 Å². The first-order valence-corrected chi connectivity index (χ1v) is 8.45. The van der Waals surface area contributed by atoms with Gasteiger partial charge in [-0.3, -0.25) is 14.9 Å².